The summed E-state index contributed by atoms with van der Waals surface area (Å²) in [6.45, 7) is 2.98. The predicted molar refractivity (Wildman–Crippen MR) is 72.5 cm³/mol. The molecule has 2 aliphatic rings. The fourth-order valence-corrected chi connectivity index (χ4v) is 3.56. The Kier molecular flexibility index (Phi) is 2.83. The van der Waals surface area contributed by atoms with Crippen molar-refractivity contribution in [1.82, 2.24) is 0 Å². The van der Waals surface area contributed by atoms with Gasteiger partial charge in [0.25, 0.3) is 0 Å². The molecule has 3 rings (SSSR count). The molecule has 2 nitrogen and oxygen atoms in total. The smallest absolute Gasteiger partial charge is 0.0415 e. The van der Waals surface area contributed by atoms with Gasteiger partial charge in [0.05, 0.1) is 0 Å². The van der Waals surface area contributed by atoms with Crippen LogP contribution < -0.4 is 10.6 Å². The maximum absolute atomic E-state index is 5.96. The summed E-state index contributed by atoms with van der Waals surface area (Å²) >= 11 is 0. The van der Waals surface area contributed by atoms with Crippen molar-refractivity contribution in [1.29, 1.82) is 0 Å². The maximum Gasteiger partial charge on any atom is 0.0415 e. The highest BCUT2D eigenvalue weighted by atomic mass is 15.2. The highest BCUT2D eigenvalue weighted by Crippen LogP contribution is 2.38. The van der Waals surface area contributed by atoms with Crippen molar-refractivity contribution in [3.05, 3.63) is 29.3 Å². The lowest BCUT2D eigenvalue weighted by Crippen LogP contribution is -2.52. The van der Waals surface area contributed by atoms with Gasteiger partial charge in [0.1, 0.15) is 0 Å². The number of anilines is 1. The Morgan fingerprint density at radius 1 is 1.29 bits per heavy atom. The van der Waals surface area contributed by atoms with Crippen molar-refractivity contribution >= 4 is 5.69 Å². The number of aryl methyl sites for hydroxylation is 2. The molecule has 2 N–H and O–H groups in total. The molecule has 1 fully saturated rings. The normalized spacial score (nSPS) is 27.5. The van der Waals surface area contributed by atoms with E-state index in [4.69, 9.17) is 5.73 Å². The van der Waals surface area contributed by atoms with Crippen molar-refractivity contribution < 1.29 is 0 Å². The molecule has 2 heteroatoms. The highest BCUT2D eigenvalue weighted by Gasteiger charge is 2.33. The molecule has 0 saturated carbocycles. The Morgan fingerprint density at radius 2 is 2.18 bits per heavy atom. The van der Waals surface area contributed by atoms with Gasteiger partial charge in [-0.05, 0) is 50.7 Å². The Hall–Kier alpha value is -1.02. The van der Waals surface area contributed by atoms with Crippen molar-refractivity contribution in [2.75, 3.05) is 11.4 Å². The second kappa shape index (κ2) is 4.34. The molecule has 1 aromatic carbocycles. The monoisotopic (exact) mass is 230 g/mol. The van der Waals surface area contributed by atoms with Gasteiger partial charge in [-0.15, -0.1) is 0 Å². The lowest BCUT2D eigenvalue weighted by atomic mass is 9.85. The van der Waals surface area contributed by atoms with Crippen LogP contribution in [0.15, 0.2) is 18.2 Å². The summed E-state index contributed by atoms with van der Waals surface area (Å²) in [5.74, 6) is 0. The van der Waals surface area contributed by atoms with Gasteiger partial charge >= 0.3 is 0 Å². The van der Waals surface area contributed by atoms with E-state index in [1.165, 1.54) is 48.9 Å². The molecule has 0 bridgehead atoms. The van der Waals surface area contributed by atoms with Crippen LogP contribution in [0.2, 0.25) is 0 Å². The standard InChI is InChI=1S/C15H22N2/c1-11-5-8-15-12(9-11)6-7-13-3-2-4-14(10-16)17(13)15/h5,8-9,13-14H,2-4,6-7,10,16H2,1H3. The zero-order valence-corrected chi connectivity index (χ0v) is 10.7. The Morgan fingerprint density at radius 3 is 3.00 bits per heavy atom. The topological polar surface area (TPSA) is 29.3 Å². The van der Waals surface area contributed by atoms with Crippen molar-refractivity contribution in [3.8, 4) is 0 Å². The molecule has 0 aromatic heterocycles. The number of piperidine rings is 1. The Labute approximate surface area is 104 Å². The summed E-state index contributed by atoms with van der Waals surface area (Å²) < 4.78 is 0. The SMILES string of the molecule is Cc1ccc2c(c1)CCC1CCCC(CN)N21. The van der Waals surface area contributed by atoms with E-state index < -0.39 is 0 Å². The van der Waals surface area contributed by atoms with Crippen molar-refractivity contribution in [3.63, 3.8) is 0 Å². The molecular formula is C15H22N2. The minimum atomic E-state index is 0.565. The lowest BCUT2D eigenvalue weighted by molar-refractivity contribution is 0.359. The van der Waals surface area contributed by atoms with E-state index in [2.05, 4.69) is 30.0 Å². The summed E-state index contributed by atoms with van der Waals surface area (Å²) in [4.78, 5) is 2.63. The first-order chi connectivity index (χ1) is 8.29. The molecule has 92 valence electrons. The molecule has 0 amide bonds. The van der Waals surface area contributed by atoms with Gasteiger partial charge in [-0.3, -0.25) is 0 Å². The molecule has 2 aliphatic heterocycles. The minimum Gasteiger partial charge on any atom is -0.364 e. The lowest BCUT2D eigenvalue weighted by Gasteiger charge is -2.47. The first-order valence-electron chi connectivity index (χ1n) is 6.87. The minimum absolute atomic E-state index is 0.565. The molecule has 0 spiro atoms. The third kappa shape index (κ3) is 1.85. The zero-order chi connectivity index (χ0) is 11.8. The maximum atomic E-state index is 5.96. The van der Waals surface area contributed by atoms with Gasteiger partial charge in [-0.1, -0.05) is 17.7 Å². The number of rotatable bonds is 1. The van der Waals surface area contributed by atoms with Gasteiger partial charge in [0.2, 0.25) is 0 Å². The Bertz CT molecular complexity index is 413. The van der Waals surface area contributed by atoms with Crippen LogP contribution in [0.3, 0.4) is 0 Å². The van der Waals surface area contributed by atoms with Gasteiger partial charge in [-0.25, -0.2) is 0 Å². The third-order valence-corrected chi connectivity index (χ3v) is 4.39. The average molecular weight is 230 g/mol. The van der Waals surface area contributed by atoms with Gasteiger partial charge < -0.3 is 10.6 Å². The number of fused-ring (bicyclic) bond motifs is 3. The van der Waals surface area contributed by atoms with Gasteiger partial charge in [-0.2, -0.15) is 0 Å². The first-order valence-corrected chi connectivity index (χ1v) is 6.87. The van der Waals surface area contributed by atoms with Crippen LogP contribution in [-0.4, -0.2) is 18.6 Å². The van der Waals surface area contributed by atoms with E-state index in [1.807, 2.05) is 0 Å². The largest absolute Gasteiger partial charge is 0.364 e. The fourth-order valence-electron chi connectivity index (χ4n) is 3.56. The summed E-state index contributed by atoms with van der Waals surface area (Å²) in [6.07, 6.45) is 6.52. The van der Waals surface area contributed by atoms with Crippen LogP contribution >= 0.6 is 0 Å². The number of hydrogen-bond acceptors (Lipinski definition) is 2. The van der Waals surface area contributed by atoms with Crippen molar-refractivity contribution in [2.24, 2.45) is 5.73 Å². The molecule has 2 heterocycles. The van der Waals surface area contributed by atoms with Crippen LogP contribution in [0.4, 0.5) is 5.69 Å². The molecular weight excluding hydrogens is 208 g/mol. The van der Waals surface area contributed by atoms with E-state index in [1.54, 1.807) is 0 Å². The second-order valence-corrected chi connectivity index (χ2v) is 5.55. The molecule has 2 atom stereocenters. The molecule has 1 aromatic rings. The zero-order valence-electron chi connectivity index (χ0n) is 10.7. The molecule has 17 heavy (non-hydrogen) atoms. The number of nitrogens with zero attached hydrogens (tertiary/aromatic N) is 1. The van der Waals surface area contributed by atoms with E-state index in [9.17, 15) is 0 Å². The summed E-state index contributed by atoms with van der Waals surface area (Å²) in [7, 11) is 0. The predicted octanol–water partition coefficient (Wildman–Crippen LogP) is 2.63. The van der Waals surface area contributed by atoms with Crippen LogP contribution in [0, 0.1) is 6.92 Å². The fraction of sp³-hybridized carbons (Fsp3) is 0.600. The van der Waals surface area contributed by atoms with Crippen LogP contribution in [0.25, 0.3) is 0 Å². The number of benzene rings is 1. The number of nitrogens with two attached hydrogens (primary N) is 1. The molecule has 0 aliphatic carbocycles. The summed E-state index contributed by atoms with van der Waals surface area (Å²) in [5.41, 5.74) is 10.3. The average Bonchev–Trinajstić information content (AvgIpc) is 2.37. The van der Waals surface area contributed by atoms with E-state index >= 15 is 0 Å². The van der Waals surface area contributed by atoms with Gasteiger partial charge in [0, 0.05) is 24.3 Å². The summed E-state index contributed by atoms with van der Waals surface area (Å²) in [5, 5.41) is 0. The first kappa shape index (κ1) is 11.1. The number of hydrogen-bond donors (Lipinski definition) is 1. The van der Waals surface area contributed by atoms with Crippen LogP contribution in [0.1, 0.15) is 36.8 Å². The van der Waals surface area contributed by atoms with Gasteiger partial charge in [0.15, 0.2) is 0 Å². The van der Waals surface area contributed by atoms with Crippen LogP contribution in [0.5, 0.6) is 0 Å². The highest BCUT2D eigenvalue weighted by molar-refractivity contribution is 5.59. The quantitative estimate of drug-likeness (QED) is 0.803. The Balaban J connectivity index is 2.01. The van der Waals surface area contributed by atoms with E-state index in [0.29, 0.717) is 6.04 Å². The molecule has 1 saturated heterocycles. The van der Waals surface area contributed by atoms with E-state index in [0.717, 1.165) is 12.6 Å². The molecule has 2 unspecified atom stereocenters. The van der Waals surface area contributed by atoms with Crippen LogP contribution in [-0.2, 0) is 6.42 Å². The van der Waals surface area contributed by atoms with Crippen molar-refractivity contribution in [2.45, 2.75) is 51.1 Å². The molecule has 0 radical (unpaired) electrons. The second-order valence-electron chi connectivity index (χ2n) is 5.55. The van der Waals surface area contributed by atoms with E-state index in [-0.39, 0.29) is 0 Å². The third-order valence-electron chi connectivity index (χ3n) is 4.39. The summed E-state index contributed by atoms with van der Waals surface area (Å²) in [6, 6.07) is 8.21.